The van der Waals surface area contributed by atoms with Crippen LogP contribution in [0.5, 0.6) is 0 Å². The van der Waals surface area contributed by atoms with Crippen molar-refractivity contribution in [3.05, 3.63) is 83.4 Å². The highest BCUT2D eigenvalue weighted by Gasteiger charge is 2.52. The third-order valence-corrected chi connectivity index (χ3v) is 6.67. The van der Waals surface area contributed by atoms with Crippen LogP contribution in [-0.4, -0.2) is 41.3 Å². The SMILES string of the molecule is CCOC(=O)C1(NC(=O)c2cccc(-c3noc(-c4ccc(-c5ccccc5C)c(COC)c4)n3)c2)CC1. The van der Waals surface area contributed by atoms with Crippen LogP contribution < -0.4 is 5.32 Å². The summed E-state index contributed by atoms with van der Waals surface area (Å²) in [6.45, 7) is 4.53. The number of esters is 1. The largest absolute Gasteiger partial charge is 0.464 e. The maximum absolute atomic E-state index is 12.9. The number of ether oxygens (including phenoxy) is 2. The first-order chi connectivity index (χ1) is 18.4. The maximum atomic E-state index is 12.9. The topological polar surface area (TPSA) is 104 Å². The molecule has 0 radical (unpaired) electrons. The van der Waals surface area contributed by atoms with Gasteiger partial charge >= 0.3 is 5.97 Å². The molecule has 1 N–H and O–H groups in total. The second kappa shape index (κ2) is 10.6. The number of amides is 1. The van der Waals surface area contributed by atoms with Crippen LogP contribution in [0.2, 0.25) is 0 Å². The Bertz CT molecular complexity index is 1490. The van der Waals surface area contributed by atoms with Crippen molar-refractivity contribution in [2.24, 2.45) is 0 Å². The first-order valence-corrected chi connectivity index (χ1v) is 12.6. The summed E-state index contributed by atoms with van der Waals surface area (Å²) < 4.78 is 16.2. The molecule has 1 aliphatic rings. The number of carbonyl (C=O) groups excluding carboxylic acids is 2. The number of aromatic nitrogens is 2. The minimum absolute atomic E-state index is 0.272. The number of nitrogens with one attached hydrogen (secondary N) is 1. The molecule has 8 nitrogen and oxygen atoms in total. The Balaban J connectivity index is 1.39. The van der Waals surface area contributed by atoms with E-state index in [1.807, 2.05) is 30.3 Å². The maximum Gasteiger partial charge on any atom is 0.331 e. The number of nitrogens with zero attached hydrogens (tertiary/aromatic N) is 2. The van der Waals surface area contributed by atoms with E-state index in [2.05, 4.69) is 34.5 Å². The molecule has 3 aromatic carbocycles. The Labute approximate surface area is 221 Å². The zero-order valence-corrected chi connectivity index (χ0v) is 21.6. The van der Waals surface area contributed by atoms with Gasteiger partial charge in [0.15, 0.2) is 0 Å². The zero-order chi connectivity index (χ0) is 26.7. The van der Waals surface area contributed by atoms with Gasteiger partial charge in [0.2, 0.25) is 5.82 Å². The second-order valence-electron chi connectivity index (χ2n) is 9.38. The fourth-order valence-electron chi connectivity index (χ4n) is 4.46. The molecule has 0 aliphatic heterocycles. The summed E-state index contributed by atoms with van der Waals surface area (Å²) in [4.78, 5) is 29.7. The number of methoxy groups -OCH3 is 1. The zero-order valence-electron chi connectivity index (χ0n) is 21.6. The Morgan fingerprint density at radius 2 is 1.82 bits per heavy atom. The molecule has 1 fully saturated rings. The number of carbonyl (C=O) groups is 2. The van der Waals surface area contributed by atoms with Gasteiger partial charge in [-0.15, -0.1) is 0 Å². The summed E-state index contributed by atoms with van der Waals surface area (Å²) in [7, 11) is 1.67. The molecule has 0 atom stereocenters. The lowest BCUT2D eigenvalue weighted by atomic mass is 9.94. The summed E-state index contributed by atoms with van der Waals surface area (Å²) in [6.07, 6.45) is 1.14. The Hall–Kier alpha value is -4.30. The first kappa shape index (κ1) is 25.4. The second-order valence-corrected chi connectivity index (χ2v) is 9.38. The van der Waals surface area contributed by atoms with E-state index in [0.29, 0.717) is 42.3 Å². The number of rotatable bonds is 9. The van der Waals surface area contributed by atoms with Crippen molar-refractivity contribution in [2.75, 3.05) is 13.7 Å². The van der Waals surface area contributed by atoms with Crippen molar-refractivity contribution >= 4 is 11.9 Å². The molecule has 1 amide bonds. The van der Waals surface area contributed by atoms with Gasteiger partial charge in [-0.1, -0.05) is 47.6 Å². The van der Waals surface area contributed by atoms with E-state index in [0.717, 1.165) is 22.3 Å². The molecule has 4 aromatic rings. The smallest absolute Gasteiger partial charge is 0.331 e. The number of hydrogen-bond acceptors (Lipinski definition) is 7. The van der Waals surface area contributed by atoms with Gasteiger partial charge < -0.3 is 19.3 Å². The number of hydrogen-bond donors (Lipinski definition) is 1. The first-order valence-electron chi connectivity index (χ1n) is 12.6. The van der Waals surface area contributed by atoms with Gasteiger partial charge in [-0.25, -0.2) is 4.79 Å². The van der Waals surface area contributed by atoms with Crippen molar-refractivity contribution < 1.29 is 23.6 Å². The van der Waals surface area contributed by atoms with Crippen molar-refractivity contribution in [1.82, 2.24) is 15.5 Å². The van der Waals surface area contributed by atoms with Crippen LogP contribution in [0.3, 0.4) is 0 Å². The average Bonchev–Trinajstić information content (AvgIpc) is 3.54. The van der Waals surface area contributed by atoms with Crippen molar-refractivity contribution in [3.8, 4) is 34.0 Å². The summed E-state index contributed by atoms with van der Waals surface area (Å²) in [5, 5.41) is 6.98. The van der Waals surface area contributed by atoms with Gasteiger partial charge in [0.1, 0.15) is 5.54 Å². The molecule has 1 aromatic heterocycles. The molecule has 1 aliphatic carbocycles. The normalized spacial score (nSPS) is 13.7. The Morgan fingerprint density at radius 1 is 1.00 bits per heavy atom. The fourth-order valence-corrected chi connectivity index (χ4v) is 4.46. The lowest BCUT2D eigenvalue weighted by Gasteiger charge is -2.15. The molecular formula is C30H29N3O5. The molecule has 1 heterocycles. The van der Waals surface area contributed by atoms with E-state index < -0.39 is 11.5 Å². The van der Waals surface area contributed by atoms with Crippen LogP contribution in [0.4, 0.5) is 0 Å². The highest BCUT2D eigenvalue weighted by molar-refractivity contribution is 6.00. The number of benzene rings is 3. The standard InChI is InChI=1S/C30H29N3O5/c1-4-37-29(35)30(14-15-30)32-27(34)21-10-7-9-20(16-21)26-31-28(38-33-26)22-12-13-25(23(17-22)18-36-3)24-11-6-5-8-19(24)2/h5-13,16-17H,4,14-15,18H2,1-3H3,(H,32,34). The van der Waals surface area contributed by atoms with Crippen molar-refractivity contribution in [3.63, 3.8) is 0 Å². The minimum Gasteiger partial charge on any atom is -0.464 e. The molecule has 1 saturated carbocycles. The third-order valence-electron chi connectivity index (χ3n) is 6.67. The summed E-state index contributed by atoms with van der Waals surface area (Å²) in [5.74, 6) is -0.0223. The van der Waals surface area contributed by atoms with Gasteiger partial charge in [-0.05, 0) is 73.2 Å². The third kappa shape index (κ3) is 5.08. The van der Waals surface area contributed by atoms with E-state index in [9.17, 15) is 9.59 Å². The number of aryl methyl sites for hydroxylation is 1. The van der Waals surface area contributed by atoms with Crippen molar-refractivity contribution in [1.29, 1.82) is 0 Å². The van der Waals surface area contributed by atoms with Gasteiger partial charge in [0.25, 0.3) is 11.8 Å². The molecule has 0 unspecified atom stereocenters. The van der Waals surface area contributed by atoms with Gasteiger partial charge in [0.05, 0.1) is 13.2 Å². The molecule has 0 bridgehead atoms. The van der Waals surface area contributed by atoms with Crippen LogP contribution in [0.15, 0.2) is 71.3 Å². The van der Waals surface area contributed by atoms with Gasteiger partial charge in [0, 0.05) is 23.8 Å². The van der Waals surface area contributed by atoms with Crippen LogP contribution in [0, 0.1) is 6.92 Å². The monoisotopic (exact) mass is 511 g/mol. The summed E-state index contributed by atoms with van der Waals surface area (Å²) >= 11 is 0. The molecular weight excluding hydrogens is 482 g/mol. The van der Waals surface area contributed by atoms with Gasteiger partial charge in [-0.2, -0.15) is 4.98 Å². The van der Waals surface area contributed by atoms with Crippen LogP contribution in [0.1, 0.15) is 41.3 Å². The Kier molecular flexibility index (Phi) is 7.07. The van der Waals surface area contributed by atoms with Crippen LogP contribution in [-0.2, 0) is 20.9 Å². The van der Waals surface area contributed by atoms with E-state index >= 15 is 0 Å². The minimum atomic E-state index is -0.924. The van der Waals surface area contributed by atoms with E-state index in [-0.39, 0.29) is 12.5 Å². The molecule has 38 heavy (non-hydrogen) atoms. The van der Waals surface area contributed by atoms with E-state index in [1.165, 1.54) is 5.56 Å². The van der Waals surface area contributed by atoms with Crippen molar-refractivity contribution in [2.45, 2.75) is 38.8 Å². The lowest BCUT2D eigenvalue weighted by Crippen LogP contribution is -2.44. The lowest BCUT2D eigenvalue weighted by molar-refractivity contribution is -0.146. The molecule has 0 spiro atoms. The Morgan fingerprint density at radius 3 is 2.55 bits per heavy atom. The quantitative estimate of drug-likeness (QED) is 0.302. The predicted molar refractivity (Wildman–Crippen MR) is 142 cm³/mol. The van der Waals surface area contributed by atoms with Crippen LogP contribution >= 0.6 is 0 Å². The van der Waals surface area contributed by atoms with E-state index in [4.69, 9.17) is 14.0 Å². The summed E-state index contributed by atoms with van der Waals surface area (Å²) in [5.41, 5.74) is 5.28. The molecule has 0 saturated heterocycles. The average molecular weight is 512 g/mol. The molecule has 5 rings (SSSR count). The van der Waals surface area contributed by atoms with E-state index in [1.54, 1.807) is 38.3 Å². The van der Waals surface area contributed by atoms with Crippen LogP contribution in [0.25, 0.3) is 34.0 Å². The highest BCUT2D eigenvalue weighted by Crippen LogP contribution is 2.37. The molecule has 8 heteroatoms. The highest BCUT2D eigenvalue weighted by atomic mass is 16.5. The van der Waals surface area contributed by atoms with Gasteiger partial charge in [-0.3, -0.25) is 4.79 Å². The molecule has 194 valence electrons. The predicted octanol–water partition coefficient (Wildman–Crippen LogP) is 5.35. The fraction of sp³-hybridized carbons (Fsp3) is 0.267. The summed E-state index contributed by atoms with van der Waals surface area (Å²) in [6, 6.07) is 21.1.